The van der Waals surface area contributed by atoms with Gasteiger partial charge >= 0.3 is 12.1 Å². The highest BCUT2D eigenvalue weighted by Gasteiger charge is 2.44. The van der Waals surface area contributed by atoms with E-state index in [1.165, 1.54) is 4.90 Å². The van der Waals surface area contributed by atoms with Crippen molar-refractivity contribution in [1.82, 2.24) is 4.90 Å². The van der Waals surface area contributed by atoms with Gasteiger partial charge in [-0.1, -0.05) is 30.3 Å². The van der Waals surface area contributed by atoms with E-state index in [0.717, 1.165) is 5.56 Å². The molecule has 1 aromatic rings. The van der Waals surface area contributed by atoms with E-state index in [0.29, 0.717) is 19.4 Å². The third-order valence-corrected chi connectivity index (χ3v) is 5.04. The molecule has 0 spiro atoms. The van der Waals surface area contributed by atoms with Gasteiger partial charge in [0.1, 0.15) is 43.7 Å². The van der Waals surface area contributed by atoms with Gasteiger partial charge in [-0.2, -0.15) is 0 Å². The Morgan fingerprint density at radius 2 is 1.76 bits per heavy atom. The second-order valence-corrected chi connectivity index (χ2v) is 7.06. The summed E-state index contributed by atoms with van der Waals surface area (Å²) in [5.41, 5.74) is 0.821. The fourth-order valence-electron chi connectivity index (χ4n) is 3.36. The summed E-state index contributed by atoms with van der Waals surface area (Å²) in [5, 5.41) is 38.6. The lowest BCUT2D eigenvalue weighted by Crippen LogP contribution is -2.58. The molecule has 0 aliphatic carbocycles. The molecule has 1 amide bonds. The number of ether oxygens (including phenoxy) is 3. The van der Waals surface area contributed by atoms with E-state index in [2.05, 4.69) is 0 Å². The van der Waals surface area contributed by atoms with Gasteiger partial charge in [0.25, 0.3) is 0 Å². The minimum Gasteiger partial charge on any atom is -0.461 e. The lowest BCUT2D eigenvalue weighted by Gasteiger charge is -2.38. The van der Waals surface area contributed by atoms with Crippen LogP contribution in [0.2, 0.25) is 0 Å². The molecule has 0 radical (unpaired) electrons. The van der Waals surface area contributed by atoms with Gasteiger partial charge in [0.2, 0.25) is 0 Å². The number of likely N-dealkylation sites (tertiary alicyclic amines) is 1. The van der Waals surface area contributed by atoms with Crippen molar-refractivity contribution in [3.8, 4) is 0 Å². The van der Waals surface area contributed by atoms with Crippen LogP contribution in [0.25, 0.3) is 0 Å². The molecular weight excluding hydrogens is 386 g/mol. The molecule has 0 bridgehead atoms. The molecule has 10 heteroatoms. The Labute approximate surface area is 167 Å². The average Bonchev–Trinajstić information content (AvgIpc) is 3.23. The first-order chi connectivity index (χ1) is 13.9. The highest BCUT2D eigenvalue weighted by atomic mass is 16.7. The molecule has 160 valence electrons. The molecule has 2 fully saturated rings. The third-order valence-electron chi connectivity index (χ3n) is 5.04. The van der Waals surface area contributed by atoms with Crippen molar-refractivity contribution >= 4 is 12.1 Å². The molecule has 0 aromatic heterocycles. The Kier molecular flexibility index (Phi) is 7.04. The van der Waals surface area contributed by atoms with Crippen LogP contribution in [0.3, 0.4) is 0 Å². The monoisotopic (exact) mass is 411 g/mol. The van der Waals surface area contributed by atoms with Gasteiger partial charge in [-0.05, 0) is 18.4 Å². The molecule has 4 N–H and O–H groups in total. The molecule has 2 aliphatic heterocycles. The highest BCUT2D eigenvalue weighted by molar-refractivity contribution is 5.82. The van der Waals surface area contributed by atoms with Crippen LogP contribution in [0.5, 0.6) is 0 Å². The van der Waals surface area contributed by atoms with E-state index in [1.807, 2.05) is 30.3 Å². The minimum atomic E-state index is -1.71. The number of nitrogens with zero attached hydrogens (tertiary/aromatic N) is 1. The Balaban J connectivity index is 1.51. The standard InChI is InChI=1S/C19H25NO9/c21-14-13(29-18(25)16(23)15(14)22)10-27-17(24)12-7-4-8-20(12)19(26)28-9-11-5-2-1-3-6-11/h1-3,5-6,12-16,18,21-23,25H,4,7-10H2/t12-,13-,14+,15+,16-,18-/m0/s1. The van der Waals surface area contributed by atoms with Gasteiger partial charge in [0.15, 0.2) is 6.29 Å². The summed E-state index contributed by atoms with van der Waals surface area (Å²) < 4.78 is 15.4. The smallest absolute Gasteiger partial charge is 0.410 e. The molecule has 6 atom stereocenters. The summed E-state index contributed by atoms with van der Waals surface area (Å²) in [4.78, 5) is 26.1. The van der Waals surface area contributed by atoms with Gasteiger partial charge in [0.05, 0.1) is 0 Å². The van der Waals surface area contributed by atoms with E-state index in [-0.39, 0.29) is 6.61 Å². The van der Waals surface area contributed by atoms with E-state index in [1.54, 1.807) is 0 Å². The Bertz CT molecular complexity index is 700. The SMILES string of the molecule is O=C(OC[C@@H]1O[C@H](O)[C@@H](O)[C@H](O)[C@@H]1O)[C@@H]1CCCN1C(=O)OCc1ccccc1. The largest absolute Gasteiger partial charge is 0.461 e. The van der Waals surface area contributed by atoms with Crippen molar-refractivity contribution in [1.29, 1.82) is 0 Å². The number of hydrogen-bond donors (Lipinski definition) is 4. The van der Waals surface area contributed by atoms with Crippen LogP contribution in [0, 0.1) is 0 Å². The Morgan fingerprint density at radius 3 is 2.48 bits per heavy atom. The molecule has 0 unspecified atom stereocenters. The number of rotatable bonds is 5. The average molecular weight is 411 g/mol. The van der Waals surface area contributed by atoms with Crippen molar-refractivity contribution in [3.05, 3.63) is 35.9 Å². The van der Waals surface area contributed by atoms with Gasteiger partial charge in [-0.3, -0.25) is 4.90 Å². The second kappa shape index (κ2) is 9.51. The number of esters is 1. The topological polar surface area (TPSA) is 146 Å². The zero-order valence-electron chi connectivity index (χ0n) is 15.7. The molecule has 2 saturated heterocycles. The van der Waals surface area contributed by atoms with E-state index < -0.39 is 55.4 Å². The zero-order chi connectivity index (χ0) is 21.0. The lowest BCUT2D eigenvalue weighted by atomic mass is 9.99. The van der Waals surface area contributed by atoms with Gasteiger partial charge in [-0.15, -0.1) is 0 Å². The summed E-state index contributed by atoms with van der Waals surface area (Å²) in [6, 6.07) is 8.31. The molecule has 1 aromatic carbocycles. The van der Waals surface area contributed by atoms with Crippen LogP contribution in [0.15, 0.2) is 30.3 Å². The van der Waals surface area contributed by atoms with Crippen molar-refractivity contribution in [2.24, 2.45) is 0 Å². The van der Waals surface area contributed by atoms with Crippen LogP contribution in [0.4, 0.5) is 4.79 Å². The third kappa shape index (κ3) is 5.03. The van der Waals surface area contributed by atoms with Crippen LogP contribution in [-0.4, -0.2) is 87.3 Å². The predicted octanol–water partition coefficient (Wildman–Crippen LogP) is -0.869. The maximum atomic E-state index is 12.4. The fraction of sp³-hybridized carbons (Fsp3) is 0.579. The lowest BCUT2D eigenvalue weighted by molar-refractivity contribution is -0.287. The highest BCUT2D eigenvalue weighted by Crippen LogP contribution is 2.23. The molecule has 3 rings (SSSR count). The normalized spacial score (nSPS) is 32.1. The summed E-state index contributed by atoms with van der Waals surface area (Å²) in [5.74, 6) is -0.704. The van der Waals surface area contributed by atoms with Crippen molar-refractivity contribution in [3.63, 3.8) is 0 Å². The van der Waals surface area contributed by atoms with Crippen LogP contribution in [-0.2, 0) is 25.6 Å². The number of aliphatic hydroxyl groups is 4. The minimum absolute atomic E-state index is 0.0815. The summed E-state index contributed by atoms with van der Waals surface area (Å²) in [6.45, 7) is -0.0258. The van der Waals surface area contributed by atoms with Crippen molar-refractivity contribution < 1.29 is 44.2 Å². The van der Waals surface area contributed by atoms with Crippen LogP contribution >= 0.6 is 0 Å². The van der Waals surface area contributed by atoms with E-state index in [4.69, 9.17) is 14.2 Å². The summed E-state index contributed by atoms with van der Waals surface area (Å²) in [6.07, 6.45) is -7.41. The van der Waals surface area contributed by atoms with Gasteiger partial charge in [0, 0.05) is 6.54 Å². The fourth-order valence-corrected chi connectivity index (χ4v) is 3.36. The van der Waals surface area contributed by atoms with E-state index in [9.17, 15) is 30.0 Å². The number of benzene rings is 1. The quantitative estimate of drug-likeness (QED) is 0.454. The molecule has 2 heterocycles. The molecule has 0 saturated carbocycles. The molecule has 2 aliphatic rings. The molecular formula is C19H25NO9. The van der Waals surface area contributed by atoms with Gasteiger partial charge < -0.3 is 34.6 Å². The summed E-state index contributed by atoms with van der Waals surface area (Å²) >= 11 is 0. The molecule has 29 heavy (non-hydrogen) atoms. The first kappa shape index (κ1) is 21.5. The van der Waals surface area contributed by atoms with Crippen LogP contribution in [0.1, 0.15) is 18.4 Å². The number of amides is 1. The van der Waals surface area contributed by atoms with Crippen molar-refractivity contribution in [2.45, 2.75) is 56.2 Å². The number of aliphatic hydroxyl groups excluding tert-OH is 4. The Hall–Kier alpha value is -2.24. The second-order valence-electron chi connectivity index (χ2n) is 7.06. The summed E-state index contributed by atoms with van der Waals surface area (Å²) in [7, 11) is 0. The number of hydrogen-bond acceptors (Lipinski definition) is 9. The number of carbonyl (C=O) groups excluding carboxylic acids is 2. The zero-order valence-corrected chi connectivity index (χ0v) is 15.7. The van der Waals surface area contributed by atoms with Crippen LogP contribution < -0.4 is 0 Å². The molecule has 10 nitrogen and oxygen atoms in total. The number of carbonyl (C=O) groups is 2. The Morgan fingerprint density at radius 1 is 1.03 bits per heavy atom. The maximum Gasteiger partial charge on any atom is 0.410 e. The first-order valence-electron chi connectivity index (χ1n) is 9.40. The van der Waals surface area contributed by atoms with Crippen molar-refractivity contribution in [2.75, 3.05) is 13.2 Å². The maximum absolute atomic E-state index is 12.4. The van der Waals surface area contributed by atoms with E-state index >= 15 is 0 Å². The van der Waals surface area contributed by atoms with Gasteiger partial charge in [-0.25, -0.2) is 9.59 Å². The predicted molar refractivity (Wildman–Crippen MR) is 96.2 cm³/mol. The first-order valence-corrected chi connectivity index (χ1v) is 9.40.